The molecule has 29 heavy (non-hydrogen) atoms. The number of aromatic nitrogens is 3. The van der Waals surface area contributed by atoms with Gasteiger partial charge < -0.3 is 20.6 Å². The average Bonchev–Trinajstić information content (AvgIpc) is 3.33. The number of carbonyl (C=O) groups excluding carboxylic acids is 1. The lowest BCUT2D eigenvalue weighted by Gasteiger charge is -2.12. The highest BCUT2D eigenvalue weighted by Crippen LogP contribution is 2.32. The molecular weight excluding hydrogens is 414 g/mol. The van der Waals surface area contributed by atoms with Gasteiger partial charge in [-0.1, -0.05) is 41.6 Å². The smallest absolute Gasteiger partial charge is 0.233 e. The van der Waals surface area contributed by atoms with Crippen molar-refractivity contribution >= 4 is 29.3 Å². The number of rotatable bonds is 6. The summed E-state index contributed by atoms with van der Waals surface area (Å²) in [7, 11) is 0. The number of hydrogen-bond acceptors (Lipinski definition) is 7. The normalized spacial score (nSPS) is 13.3. The number of fused-ring (bicyclic) bond motifs is 1. The van der Waals surface area contributed by atoms with Gasteiger partial charge >= 0.3 is 0 Å². The molecule has 0 bridgehead atoms. The largest absolute Gasteiger partial charge is 0.454 e. The SMILES string of the molecule is CC(Sc1nnc(-c2ccccc2Cl)n1N)C(=O)NCc1ccc2c(c1)OCO2. The fourth-order valence-electron chi connectivity index (χ4n) is 2.78. The molecule has 1 amide bonds. The summed E-state index contributed by atoms with van der Waals surface area (Å²) in [5.74, 6) is 7.81. The Hall–Kier alpha value is -2.91. The van der Waals surface area contributed by atoms with Gasteiger partial charge in [-0.3, -0.25) is 4.79 Å². The maximum absolute atomic E-state index is 12.5. The molecule has 0 saturated heterocycles. The molecular formula is C19H18ClN5O3S. The van der Waals surface area contributed by atoms with Crippen LogP contribution in [0.2, 0.25) is 5.02 Å². The van der Waals surface area contributed by atoms with E-state index in [2.05, 4.69) is 15.5 Å². The average molecular weight is 432 g/mol. The van der Waals surface area contributed by atoms with E-state index in [1.54, 1.807) is 13.0 Å². The first kappa shape index (κ1) is 19.4. The van der Waals surface area contributed by atoms with Gasteiger partial charge in [-0.2, -0.15) is 0 Å². The number of thioether (sulfide) groups is 1. The van der Waals surface area contributed by atoms with Crippen molar-refractivity contribution in [1.82, 2.24) is 20.2 Å². The number of nitrogens with one attached hydrogen (secondary N) is 1. The van der Waals surface area contributed by atoms with Crippen molar-refractivity contribution in [3.8, 4) is 22.9 Å². The Balaban J connectivity index is 1.38. The Morgan fingerprint density at radius 3 is 2.90 bits per heavy atom. The summed E-state index contributed by atoms with van der Waals surface area (Å²) in [6.45, 7) is 2.37. The molecule has 2 heterocycles. The van der Waals surface area contributed by atoms with E-state index in [-0.39, 0.29) is 12.7 Å². The topological polar surface area (TPSA) is 104 Å². The number of hydrogen-bond donors (Lipinski definition) is 2. The Kier molecular flexibility index (Phi) is 5.50. The highest BCUT2D eigenvalue weighted by molar-refractivity contribution is 8.00. The van der Waals surface area contributed by atoms with E-state index >= 15 is 0 Å². The monoisotopic (exact) mass is 431 g/mol. The number of nitrogens with two attached hydrogens (primary N) is 1. The van der Waals surface area contributed by atoms with Crippen molar-refractivity contribution in [3.05, 3.63) is 53.1 Å². The highest BCUT2D eigenvalue weighted by atomic mass is 35.5. The van der Waals surface area contributed by atoms with E-state index < -0.39 is 5.25 Å². The number of halogens is 1. The van der Waals surface area contributed by atoms with Crippen LogP contribution in [0.25, 0.3) is 11.4 Å². The molecule has 1 aromatic heterocycles. The summed E-state index contributed by atoms with van der Waals surface area (Å²) in [6, 6.07) is 12.8. The molecule has 1 unspecified atom stereocenters. The van der Waals surface area contributed by atoms with Gasteiger partial charge in [0.2, 0.25) is 17.9 Å². The molecule has 0 fully saturated rings. The number of benzene rings is 2. The maximum atomic E-state index is 12.5. The lowest BCUT2D eigenvalue weighted by molar-refractivity contribution is -0.120. The molecule has 10 heteroatoms. The van der Waals surface area contributed by atoms with Crippen LogP contribution in [0.5, 0.6) is 11.5 Å². The van der Waals surface area contributed by atoms with Gasteiger partial charge in [0, 0.05) is 12.1 Å². The van der Waals surface area contributed by atoms with E-state index in [9.17, 15) is 4.79 Å². The number of amides is 1. The number of nitrogen functional groups attached to an aromatic ring is 1. The van der Waals surface area contributed by atoms with Crippen LogP contribution in [-0.2, 0) is 11.3 Å². The van der Waals surface area contributed by atoms with E-state index in [1.807, 2.05) is 36.4 Å². The molecule has 3 N–H and O–H groups in total. The van der Waals surface area contributed by atoms with Crippen molar-refractivity contribution in [2.45, 2.75) is 23.9 Å². The molecule has 1 atom stereocenters. The molecule has 0 radical (unpaired) electrons. The first-order chi connectivity index (χ1) is 14.0. The highest BCUT2D eigenvalue weighted by Gasteiger charge is 2.21. The second-order valence-electron chi connectivity index (χ2n) is 6.32. The van der Waals surface area contributed by atoms with Crippen molar-refractivity contribution in [2.24, 2.45) is 0 Å². The molecule has 0 saturated carbocycles. The molecule has 8 nitrogen and oxygen atoms in total. The molecule has 4 rings (SSSR count). The van der Waals surface area contributed by atoms with Crippen LogP contribution in [0.15, 0.2) is 47.6 Å². The third kappa shape index (κ3) is 4.10. The fraction of sp³-hybridized carbons (Fsp3) is 0.211. The fourth-order valence-corrected chi connectivity index (χ4v) is 3.79. The Bertz CT molecular complexity index is 1060. The van der Waals surface area contributed by atoms with Gasteiger partial charge in [-0.25, -0.2) is 4.68 Å². The predicted octanol–water partition coefficient (Wildman–Crippen LogP) is 2.84. The van der Waals surface area contributed by atoms with Crippen LogP contribution in [0.3, 0.4) is 0 Å². The zero-order chi connectivity index (χ0) is 20.4. The zero-order valence-corrected chi connectivity index (χ0v) is 17.0. The van der Waals surface area contributed by atoms with Gasteiger partial charge in [-0.15, -0.1) is 10.2 Å². The minimum absolute atomic E-state index is 0.144. The first-order valence-electron chi connectivity index (χ1n) is 8.81. The standard InChI is InChI=1S/C19H18ClN5O3S/c1-11(18(26)22-9-12-6-7-15-16(8-12)28-10-27-15)29-19-24-23-17(25(19)21)13-4-2-3-5-14(13)20/h2-8,11H,9-10,21H2,1H3,(H,22,26). The molecule has 2 aromatic carbocycles. The number of nitrogens with zero attached hydrogens (tertiary/aromatic N) is 3. The molecule has 0 aliphatic carbocycles. The van der Waals surface area contributed by atoms with Crippen LogP contribution in [0.1, 0.15) is 12.5 Å². The van der Waals surface area contributed by atoms with Gasteiger partial charge in [0.1, 0.15) is 0 Å². The van der Waals surface area contributed by atoms with Gasteiger partial charge in [-0.05, 0) is 36.8 Å². The summed E-state index contributed by atoms with van der Waals surface area (Å²) in [6.07, 6.45) is 0. The second kappa shape index (κ2) is 8.22. The second-order valence-corrected chi connectivity index (χ2v) is 8.04. The Labute approximate surface area is 176 Å². The van der Waals surface area contributed by atoms with E-state index in [0.29, 0.717) is 39.6 Å². The van der Waals surface area contributed by atoms with Crippen LogP contribution >= 0.6 is 23.4 Å². The Morgan fingerprint density at radius 2 is 2.07 bits per heavy atom. The summed E-state index contributed by atoms with van der Waals surface area (Å²) in [5, 5.41) is 11.6. The molecule has 1 aliphatic heterocycles. The third-order valence-electron chi connectivity index (χ3n) is 4.33. The molecule has 1 aliphatic rings. The zero-order valence-electron chi connectivity index (χ0n) is 15.5. The number of carbonyl (C=O) groups is 1. The predicted molar refractivity (Wildman–Crippen MR) is 110 cm³/mol. The van der Waals surface area contributed by atoms with Crippen molar-refractivity contribution in [2.75, 3.05) is 12.6 Å². The van der Waals surface area contributed by atoms with Crippen LogP contribution in [-0.4, -0.2) is 32.8 Å². The van der Waals surface area contributed by atoms with Crippen molar-refractivity contribution < 1.29 is 14.3 Å². The van der Waals surface area contributed by atoms with Gasteiger partial charge in [0.15, 0.2) is 17.3 Å². The first-order valence-corrected chi connectivity index (χ1v) is 10.1. The van der Waals surface area contributed by atoms with Crippen molar-refractivity contribution in [3.63, 3.8) is 0 Å². The summed E-state index contributed by atoms with van der Waals surface area (Å²) in [5.41, 5.74) is 1.60. The molecule has 150 valence electrons. The van der Waals surface area contributed by atoms with Gasteiger partial charge in [0.05, 0.1) is 10.3 Å². The quantitative estimate of drug-likeness (QED) is 0.456. The lowest BCUT2D eigenvalue weighted by Crippen LogP contribution is -2.30. The van der Waals surface area contributed by atoms with E-state index in [0.717, 1.165) is 5.56 Å². The lowest BCUT2D eigenvalue weighted by atomic mass is 10.2. The summed E-state index contributed by atoms with van der Waals surface area (Å²) < 4.78 is 12.0. The number of ether oxygens (including phenoxy) is 2. The summed E-state index contributed by atoms with van der Waals surface area (Å²) >= 11 is 7.43. The van der Waals surface area contributed by atoms with E-state index in [4.69, 9.17) is 26.9 Å². The van der Waals surface area contributed by atoms with Crippen molar-refractivity contribution in [1.29, 1.82) is 0 Å². The molecule has 0 spiro atoms. The minimum Gasteiger partial charge on any atom is -0.454 e. The molecule has 3 aromatic rings. The maximum Gasteiger partial charge on any atom is 0.233 e. The third-order valence-corrected chi connectivity index (χ3v) is 5.72. The van der Waals surface area contributed by atoms with Crippen LogP contribution < -0.4 is 20.6 Å². The summed E-state index contributed by atoms with van der Waals surface area (Å²) in [4.78, 5) is 12.5. The van der Waals surface area contributed by atoms with Crippen LogP contribution in [0, 0.1) is 0 Å². The van der Waals surface area contributed by atoms with E-state index in [1.165, 1.54) is 16.4 Å². The van der Waals surface area contributed by atoms with Gasteiger partial charge in [0.25, 0.3) is 0 Å². The van der Waals surface area contributed by atoms with Crippen LogP contribution in [0.4, 0.5) is 0 Å². The minimum atomic E-state index is -0.422. The Morgan fingerprint density at radius 1 is 1.28 bits per heavy atom.